The average Bonchev–Trinajstić information content (AvgIpc) is 2.98. The SMILES string of the molecule is COc1ccc(-c2cc(C(=O)O)c3[nH]c4cc(C)ccc4c3n2)cc1. The minimum atomic E-state index is -0.981. The standard InChI is InChI=1S/C20H16N2O3/c1-11-3-8-14-17(9-11)22-19-15(20(23)24)10-16(21-18(14)19)12-4-6-13(25-2)7-5-12/h3-10,22H,1-2H3,(H,23,24). The van der Waals surface area contributed by atoms with Crippen LogP contribution in [0.4, 0.5) is 0 Å². The van der Waals surface area contributed by atoms with E-state index in [2.05, 4.69) is 4.98 Å². The van der Waals surface area contributed by atoms with E-state index in [9.17, 15) is 9.90 Å². The Labute approximate surface area is 143 Å². The molecule has 0 saturated carbocycles. The molecule has 0 saturated heterocycles. The number of benzene rings is 2. The summed E-state index contributed by atoms with van der Waals surface area (Å²) in [6.07, 6.45) is 0. The Kier molecular flexibility index (Phi) is 3.42. The summed E-state index contributed by atoms with van der Waals surface area (Å²) >= 11 is 0. The van der Waals surface area contributed by atoms with Crippen molar-refractivity contribution in [3.63, 3.8) is 0 Å². The number of hydrogen-bond donors (Lipinski definition) is 2. The molecule has 25 heavy (non-hydrogen) atoms. The molecule has 0 bridgehead atoms. The number of aromatic carboxylic acids is 1. The number of fused-ring (bicyclic) bond motifs is 3. The lowest BCUT2D eigenvalue weighted by atomic mass is 10.1. The molecule has 0 radical (unpaired) electrons. The van der Waals surface area contributed by atoms with Gasteiger partial charge in [0, 0.05) is 16.5 Å². The van der Waals surface area contributed by atoms with Gasteiger partial charge in [0.2, 0.25) is 0 Å². The summed E-state index contributed by atoms with van der Waals surface area (Å²) in [4.78, 5) is 19.7. The first-order valence-electron chi connectivity index (χ1n) is 7.87. The van der Waals surface area contributed by atoms with Crippen molar-refractivity contribution in [1.82, 2.24) is 9.97 Å². The van der Waals surface area contributed by atoms with E-state index in [1.165, 1.54) is 0 Å². The van der Waals surface area contributed by atoms with Gasteiger partial charge in [0.1, 0.15) is 5.75 Å². The fraction of sp³-hybridized carbons (Fsp3) is 0.100. The van der Waals surface area contributed by atoms with Gasteiger partial charge in [0.05, 0.1) is 29.4 Å². The number of nitrogens with one attached hydrogen (secondary N) is 1. The van der Waals surface area contributed by atoms with Gasteiger partial charge in [0.25, 0.3) is 0 Å². The molecule has 4 rings (SSSR count). The molecule has 2 N–H and O–H groups in total. The molecule has 5 nitrogen and oxygen atoms in total. The fourth-order valence-corrected chi connectivity index (χ4v) is 3.05. The van der Waals surface area contributed by atoms with Crippen LogP contribution >= 0.6 is 0 Å². The smallest absolute Gasteiger partial charge is 0.337 e. The molecule has 0 aliphatic heterocycles. The monoisotopic (exact) mass is 332 g/mol. The van der Waals surface area contributed by atoms with Crippen LogP contribution in [-0.2, 0) is 0 Å². The number of aryl methyl sites for hydroxylation is 1. The summed E-state index contributed by atoms with van der Waals surface area (Å²) in [6, 6.07) is 15.0. The van der Waals surface area contributed by atoms with Gasteiger partial charge in [-0.05, 0) is 48.9 Å². The summed E-state index contributed by atoms with van der Waals surface area (Å²) < 4.78 is 5.17. The molecule has 0 amide bonds. The van der Waals surface area contributed by atoms with Gasteiger partial charge in [-0.15, -0.1) is 0 Å². The molecule has 5 heteroatoms. The first-order chi connectivity index (χ1) is 12.1. The second-order valence-electron chi connectivity index (χ2n) is 5.99. The molecule has 124 valence electrons. The number of carbonyl (C=O) groups is 1. The third-order valence-corrected chi connectivity index (χ3v) is 4.33. The molecule has 2 aromatic heterocycles. The highest BCUT2D eigenvalue weighted by Crippen LogP contribution is 2.31. The maximum absolute atomic E-state index is 11.8. The van der Waals surface area contributed by atoms with Crippen molar-refractivity contribution in [2.24, 2.45) is 0 Å². The highest BCUT2D eigenvalue weighted by atomic mass is 16.5. The zero-order chi connectivity index (χ0) is 17.6. The minimum absolute atomic E-state index is 0.213. The summed E-state index contributed by atoms with van der Waals surface area (Å²) in [5, 5.41) is 10.6. The van der Waals surface area contributed by atoms with Crippen LogP contribution in [0.2, 0.25) is 0 Å². The second kappa shape index (κ2) is 5.63. The number of carboxylic acids is 1. The topological polar surface area (TPSA) is 75.2 Å². The molecule has 2 heterocycles. The third-order valence-electron chi connectivity index (χ3n) is 4.33. The Morgan fingerprint density at radius 3 is 2.56 bits per heavy atom. The van der Waals surface area contributed by atoms with Crippen LogP contribution in [0.1, 0.15) is 15.9 Å². The molecule has 0 spiro atoms. The first-order valence-corrected chi connectivity index (χ1v) is 7.87. The molecule has 0 fully saturated rings. The Hall–Kier alpha value is -3.34. The predicted molar refractivity (Wildman–Crippen MR) is 97.3 cm³/mol. The highest BCUT2D eigenvalue weighted by Gasteiger charge is 2.17. The van der Waals surface area contributed by atoms with Crippen molar-refractivity contribution in [2.75, 3.05) is 7.11 Å². The van der Waals surface area contributed by atoms with Gasteiger partial charge in [-0.25, -0.2) is 9.78 Å². The normalized spacial score (nSPS) is 11.1. The van der Waals surface area contributed by atoms with E-state index in [4.69, 9.17) is 9.72 Å². The van der Waals surface area contributed by atoms with Crippen molar-refractivity contribution in [2.45, 2.75) is 6.92 Å². The highest BCUT2D eigenvalue weighted by molar-refractivity contribution is 6.12. The maximum Gasteiger partial charge on any atom is 0.337 e. The van der Waals surface area contributed by atoms with Crippen molar-refractivity contribution in [3.05, 3.63) is 59.7 Å². The first kappa shape index (κ1) is 15.2. The minimum Gasteiger partial charge on any atom is -0.497 e. The lowest BCUT2D eigenvalue weighted by molar-refractivity contribution is 0.0699. The van der Waals surface area contributed by atoms with Gasteiger partial charge in [0.15, 0.2) is 0 Å². The average molecular weight is 332 g/mol. The van der Waals surface area contributed by atoms with Gasteiger partial charge < -0.3 is 14.8 Å². The van der Waals surface area contributed by atoms with Gasteiger partial charge in [-0.1, -0.05) is 12.1 Å². The summed E-state index contributed by atoms with van der Waals surface area (Å²) in [7, 11) is 1.61. The van der Waals surface area contributed by atoms with Crippen LogP contribution in [0.15, 0.2) is 48.5 Å². The fourth-order valence-electron chi connectivity index (χ4n) is 3.05. The third kappa shape index (κ3) is 2.50. The quantitative estimate of drug-likeness (QED) is 0.583. The van der Waals surface area contributed by atoms with E-state index in [1.54, 1.807) is 13.2 Å². The van der Waals surface area contributed by atoms with Crippen LogP contribution in [-0.4, -0.2) is 28.2 Å². The predicted octanol–water partition coefficient (Wildman–Crippen LogP) is 4.40. The number of pyridine rings is 1. The van der Waals surface area contributed by atoms with E-state index < -0.39 is 5.97 Å². The Morgan fingerprint density at radius 2 is 1.88 bits per heavy atom. The number of aromatic nitrogens is 2. The molecule has 4 aromatic rings. The number of methoxy groups -OCH3 is 1. The van der Waals surface area contributed by atoms with E-state index in [0.29, 0.717) is 16.7 Å². The number of rotatable bonds is 3. The number of nitrogens with zero attached hydrogens (tertiary/aromatic N) is 1. The Bertz CT molecular complexity index is 1110. The molecule has 0 unspecified atom stereocenters. The number of aromatic amines is 1. The lowest BCUT2D eigenvalue weighted by Gasteiger charge is -2.06. The van der Waals surface area contributed by atoms with Crippen molar-refractivity contribution >= 4 is 27.9 Å². The number of carboxylic acid groups (broad SMARTS) is 1. The lowest BCUT2D eigenvalue weighted by Crippen LogP contribution is -2.00. The Balaban J connectivity index is 2.02. The van der Waals surface area contributed by atoms with Crippen molar-refractivity contribution < 1.29 is 14.6 Å². The van der Waals surface area contributed by atoms with Crippen molar-refractivity contribution in [3.8, 4) is 17.0 Å². The van der Waals surface area contributed by atoms with Crippen molar-refractivity contribution in [1.29, 1.82) is 0 Å². The molecule has 0 aliphatic carbocycles. The van der Waals surface area contributed by atoms with E-state index in [0.717, 1.165) is 27.8 Å². The van der Waals surface area contributed by atoms with Crippen LogP contribution in [0.3, 0.4) is 0 Å². The van der Waals surface area contributed by atoms with Crippen LogP contribution in [0, 0.1) is 6.92 Å². The van der Waals surface area contributed by atoms with Gasteiger partial charge in [-0.3, -0.25) is 0 Å². The number of H-pyrrole nitrogens is 1. The summed E-state index contributed by atoms with van der Waals surface area (Å²) in [5.41, 5.74) is 4.87. The number of hydrogen-bond acceptors (Lipinski definition) is 3. The molecule has 0 atom stereocenters. The van der Waals surface area contributed by atoms with Gasteiger partial charge >= 0.3 is 5.97 Å². The summed E-state index contributed by atoms with van der Waals surface area (Å²) in [6.45, 7) is 2.00. The molecular weight excluding hydrogens is 316 g/mol. The van der Waals surface area contributed by atoms with E-state index >= 15 is 0 Å². The maximum atomic E-state index is 11.8. The molecular formula is C20H16N2O3. The Morgan fingerprint density at radius 1 is 1.12 bits per heavy atom. The van der Waals surface area contributed by atoms with E-state index in [1.807, 2.05) is 49.4 Å². The van der Waals surface area contributed by atoms with Gasteiger partial charge in [-0.2, -0.15) is 0 Å². The zero-order valence-corrected chi connectivity index (χ0v) is 13.8. The molecule has 0 aliphatic rings. The summed E-state index contributed by atoms with van der Waals surface area (Å²) in [5.74, 6) is -0.240. The zero-order valence-electron chi connectivity index (χ0n) is 13.8. The number of ether oxygens (including phenoxy) is 1. The molecule has 2 aromatic carbocycles. The largest absolute Gasteiger partial charge is 0.497 e. The van der Waals surface area contributed by atoms with Crippen LogP contribution in [0.25, 0.3) is 33.2 Å². The van der Waals surface area contributed by atoms with Crippen LogP contribution in [0.5, 0.6) is 5.75 Å². The second-order valence-corrected chi connectivity index (χ2v) is 5.99. The van der Waals surface area contributed by atoms with E-state index in [-0.39, 0.29) is 5.56 Å². The van der Waals surface area contributed by atoms with Crippen LogP contribution < -0.4 is 4.74 Å².